The molecule has 0 saturated carbocycles. The number of nitrogens with zero attached hydrogens (tertiary/aromatic N) is 2. The molecular weight excluding hydrogens is 238 g/mol. The van der Waals surface area contributed by atoms with Crippen molar-refractivity contribution in [2.45, 2.75) is 32.3 Å². The minimum Gasteiger partial charge on any atom is -0.389 e. The fourth-order valence-electron chi connectivity index (χ4n) is 2.48. The maximum atomic E-state index is 10.7. The van der Waals surface area contributed by atoms with E-state index in [1.807, 2.05) is 14.0 Å². The molecule has 2 unspecified atom stereocenters. The fraction of sp³-hybridized carbons (Fsp3) is 0.750. The van der Waals surface area contributed by atoms with Crippen LogP contribution in [0.3, 0.4) is 0 Å². The van der Waals surface area contributed by atoms with Gasteiger partial charge in [-0.05, 0) is 25.8 Å². The van der Waals surface area contributed by atoms with E-state index in [0.717, 1.165) is 30.9 Å². The Kier molecular flexibility index (Phi) is 3.48. The van der Waals surface area contributed by atoms with Crippen molar-refractivity contribution in [3.8, 4) is 0 Å². The molecule has 0 radical (unpaired) electrons. The third-order valence-electron chi connectivity index (χ3n) is 3.84. The zero-order valence-electron chi connectivity index (χ0n) is 10.6. The van der Waals surface area contributed by atoms with E-state index in [0.29, 0.717) is 11.4 Å². The number of hydrogen-bond donors (Lipinski definition) is 2. The van der Waals surface area contributed by atoms with Gasteiger partial charge in [0.05, 0.1) is 22.0 Å². The summed E-state index contributed by atoms with van der Waals surface area (Å²) in [4.78, 5) is 0. The van der Waals surface area contributed by atoms with Gasteiger partial charge in [0.2, 0.25) is 0 Å². The summed E-state index contributed by atoms with van der Waals surface area (Å²) in [6, 6.07) is 0. The molecule has 1 fully saturated rings. The Morgan fingerprint density at radius 2 is 2.35 bits per heavy atom. The predicted molar refractivity (Wildman–Crippen MR) is 68.3 cm³/mol. The summed E-state index contributed by atoms with van der Waals surface area (Å²) in [5, 5.41) is 19.0. The van der Waals surface area contributed by atoms with Crippen molar-refractivity contribution < 1.29 is 5.11 Å². The lowest BCUT2D eigenvalue weighted by Gasteiger charge is -2.38. The minimum atomic E-state index is -0.672. The van der Waals surface area contributed by atoms with Crippen LogP contribution in [-0.4, -0.2) is 33.6 Å². The lowest BCUT2D eigenvalue weighted by molar-refractivity contribution is -0.0343. The van der Waals surface area contributed by atoms with Crippen LogP contribution in [0.2, 0.25) is 5.02 Å². The average molecular weight is 258 g/mol. The molecule has 2 heterocycles. The van der Waals surface area contributed by atoms with E-state index in [1.54, 1.807) is 4.68 Å². The van der Waals surface area contributed by atoms with Gasteiger partial charge in [-0.15, -0.1) is 0 Å². The van der Waals surface area contributed by atoms with E-state index in [2.05, 4.69) is 17.3 Å². The Morgan fingerprint density at radius 1 is 1.65 bits per heavy atom. The molecule has 2 atom stereocenters. The molecule has 0 aromatic carbocycles. The summed E-state index contributed by atoms with van der Waals surface area (Å²) in [5.41, 5.74) is 1.09. The summed E-state index contributed by atoms with van der Waals surface area (Å²) in [6.45, 7) is 5.67. The number of hydrogen-bond acceptors (Lipinski definition) is 3. The van der Waals surface area contributed by atoms with Crippen LogP contribution in [0.25, 0.3) is 0 Å². The molecule has 17 heavy (non-hydrogen) atoms. The molecule has 0 amide bonds. The maximum absolute atomic E-state index is 10.7. The molecule has 0 bridgehead atoms. The van der Waals surface area contributed by atoms with E-state index < -0.39 is 5.60 Å². The SMILES string of the molecule is Cc1nn(C)c(CC2(O)CCNCC2C)c1Cl. The third kappa shape index (κ3) is 2.34. The van der Waals surface area contributed by atoms with Crippen LogP contribution in [0, 0.1) is 12.8 Å². The van der Waals surface area contributed by atoms with Gasteiger partial charge in [-0.2, -0.15) is 5.10 Å². The van der Waals surface area contributed by atoms with Crippen LogP contribution in [0.15, 0.2) is 0 Å². The van der Waals surface area contributed by atoms with Crippen molar-refractivity contribution in [1.82, 2.24) is 15.1 Å². The van der Waals surface area contributed by atoms with Gasteiger partial charge in [-0.1, -0.05) is 18.5 Å². The van der Waals surface area contributed by atoms with Crippen LogP contribution in [-0.2, 0) is 13.5 Å². The second-order valence-electron chi connectivity index (χ2n) is 5.11. The van der Waals surface area contributed by atoms with Crippen LogP contribution in [0.5, 0.6) is 0 Å². The van der Waals surface area contributed by atoms with Gasteiger partial charge >= 0.3 is 0 Å². The first kappa shape index (κ1) is 12.9. The maximum Gasteiger partial charge on any atom is 0.0848 e. The number of rotatable bonds is 2. The zero-order valence-corrected chi connectivity index (χ0v) is 11.4. The third-order valence-corrected chi connectivity index (χ3v) is 4.33. The topological polar surface area (TPSA) is 50.1 Å². The van der Waals surface area contributed by atoms with Crippen molar-refractivity contribution in [2.75, 3.05) is 13.1 Å². The van der Waals surface area contributed by atoms with Gasteiger partial charge in [0, 0.05) is 20.0 Å². The molecule has 96 valence electrons. The Balaban J connectivity index is 2.24. The van der Waals surface area contributed by atoms with Crippen molar-refractivity contribution >= 4 is 11.6 Å². The standard InChI is InChI=1S/C12H20ClN3O/c1-8-7-14-5-4-12(8,17)6-10-11(13)9(2)15-16(10)3/h8,14,17H,4-7H2,1-3H3. The molecule has 0 aliphatic carbocycles. The van der Waals surface area contributed by atoms with Crippen LogP contribution in [0.4, 0.5) is 0 Å². The molecule has 1 aromatic rings. The first-order chi connectivity index (χ1) is 7.94. The molecule has 1 aliphatic rings. The second kappa shape index (κ2) is 4.59. The normalized spacial score (nSPS) is 29.6. The first-order valence-corrected chi connectivity index (χ1v) is 6.43. The Morgan fingerprint density at radius 3 is 2.88 bits per heavy atom. The second-order valence-corrected chi connectivity index (χ2v) is 5.48. The summed E-state index contributed by atoms with van der Waals surface area (Å²) in [5.74, 6) is 0.225. The molecule has 4 nitrogen and oxygen atoms in total. The lowest BCUT2D eigenvalue weighted by atomic mass is 9.79. The Hall–Kier alpha value is -0.580. The number of aryl methyl sites for hydroxylation is 2. The predicted octanol–water partition coefficient (Wildman–Crippen LogP) is 1.28. The molecule has 5 heteroatoms. The van der Waals surface area contributed by atoms with Gasteiger partial charge in [0.1, 0.15) is 0 Å². The van der Waals surface area contributed by atoms with E-state index in [9.17, 15) is 5.11 Å². The van der Waals surface area contributed by atoms with Crippen LogP contribution in [0.1, 0.15) is 24.7 Å². The van der Waals surface area contributed by atoms with Gasteiger partial charge in [-0.3, -0.25) is 4.68 Å². The molecule has 1 saturated heterocycles. The van der Waals surface area contributed by atoms with E-state index in [1.165, 1.54) is 0 Å². The molecule has 2 N–H and O–H groups in total. The molecule has 0 spiro atoms. The van der Waals surface area contributed by atoms with Gasteiger partial charge in [-0.25, -0.2) is 0 Å². The Bertz CT molecular complexity index is 418. The highest BCUT2D eigenvalue weighted by molar-refractivity contribution is 6.31. The summed E-state index contributed by atoms with van der Waals surface area (Å²) in [7, 11) is 1.88. The van der Waals surface area contributed by atoms with E-state index in [4.69, 9.17) is 11.6 Å². The smallest absolute Gasteiger partial charge is 0.0848 e. The number of nitrogens with one attached hydrogen (secondary N) is 1. The quantitative estimate of drug-likeness (QED) is 0.839. The molecule has 1 aromatic heterocycles. The fourth-order valence-corrected chi connectivity index (χ4v) is 2.71. The van der Waals surface area contributed by atoms with E-state index in [-0.39, 0.29) is 5.92 Å². The van der Waals surface area contributed by atoms with E-state index >= 15 is 0 Å². The summed E-state index contributed by atoms with van der Waals surface area (Å²) in [6.07, 6.45) is 1.33. The van der Waals surface area contributed by atoms with Crippen LogP contribution < -0.4 is 5.32 Å². The van der Waals surface area contributed by atoms with Gasteiger partial charge in [0.25, 0.3) is 0 Å². The number of aromatic nitrogens is 2. The zero-order chi connectivity index (χ0) is 12.6. The molecular formula is C12H20ClN3O. The Labute approximate surface area is 107 Å². The van der Waals surface area contributed by atoms with Crippen molar-refractivity contribution in [2.24, 2.45) is 13.0 Å². The monoisotopic (exact) mass is 257 g/mol. The minimum absolute atomic E-state index is 0.225. The number of piperidine rings is 1. The largest absolute Gasteiger partial charge is 0.389 e. The summed E-state index contributed by atoms with van der Waals surface area (Å²) < 4.78 is 1.78. The van der Waals surface area contributed by atoms with Crippen molar-refractivity contribution in [1.29, 1.82) is 0 Å². The van der Waals surface area contributed by atoms with Crippen LogP contribution >= 0.6 is 11.6 Å². The molecule has 2 rings (SSSR count). The van der Waals surface area contributed by atoms with Crippen molar-refractivity contribution in [3.63, 3.8) is 0 Å². The summed E-state index contributed by atoms with van der Waals surface area (Å²) >= 11 is 6.23. The number of halogens is 1. The highest BCUT2D eigenvalue weighted by Crippen LogP contribution is 2.31. The highest BCUT2D eigenvalue weighted by Gasteiger charge is 2.37. The van der Waals surface area contributed by atoms with Gasteiger partial charge < -0.3 is 10.4 Å². The van der Waals surface area contributed by atoms with Gasteiger partial charge in [0.15, 0.2) is 0 Å². The lowest BCUT2D eigenvalue weighted by Crippen LogP contribution is -2.50. The average Bonchev–Trinajstić information content (AvgIpc) is 2.50. The number of aliphatic hydroxyl groups is 1. The first-order valence-electron chi connectivity index (χ1n) is 6.05. The molecule has 1 aliphatic heterocycles. The van der Waals surface area contributed by atoms with Crippen molar-refractivity contribution in [3.05, 3.63) is 16.4 Å². The highest BCUT2D eigenvalue weighted by atomic mass is 35.5.